The predicted molar refractivity (Wildman–Crippen MR) is 59.0 cm³/mol. The van der Waals surface area contributed by atoms with Crippen LogP contribution in [0.1, 0.15) is 16.1 Å². The number of nitrogens with one attached hydrogen (secondary N) is 1. The SMILES string of the molecule is CNC(=O)c1cc[n+](CCS(=O)(=O)O)nc1C. The Balaban J connectivity index is 2.86. The zero-order chi connectivity index (χ0) is 13.1. The van der Waals surface area contributed by atoms with Gasteiger partial charge >= 0.3 is 0 Å². The van der Waals surface area contributed by atoms with Crippen LogP contribution in [0.15, 0.2) is 12.3 Å². The van der Waals surface area contributed by atoms with Crippen LogP contribution in [-0.2, 0) is 16.7 Å². The second-order valence-corrected chi connectivity index (χ2v) is 5.02. The second-order valence-electron chi connectivity index (χ2n) is 3.44. The molecule has 0 unspecified atom stereocenters. The van der Waals surface area contributed by atoms with Crippen LogP contribution in [0.3, 0.4) is 0 Å². The lowest BCUT2D eigenvalue weighted by Gasteiger charge is -2.01. The summed E-state index contributed by atoms with van der Waals surface area (Å²) in [4.78, 5) is 11.4. The van der Waals surface area contributed by atoms with Crippen molar-refractivity contribution in [2.75, 3.05) is 12.8 Å². The van der Waals surface area contributed by atoms with Crippen LogP contribution in [0.4, 0.5) is 0 Å². The van der Waals surface area contributed by atoms with E-state index in [2.05, 4.69) is 10.4 Å². The standard InChI is InChI=1S/C9H13N3O4S/c1-7-8(9(13)10-2)3-4-12(11-7)5-6-17(14,15)16/h3-4H,5-6H2,1-2H3,(H-,10,13,14,15,16)/p+1. The summed E-state index contributed by atoms with van der Waals surface area (Å²) >= 11 is 0. The van der Waals surface area contributed by atoms with Gasteiger partial charge in [-0.2, -0.15) is 8.42 Å². The molecule has 17 heavy (non-hydrogen) atoms. The Labute approximate surface area is 99.2 Å². The minimum absolute atomic E-state index is 0.0354. The van der Waals surface area contributed by atoms with Crippen LogP contribution in [-0.4, -0.2) is 36.8 Å². The Morgan fingerprint density at radius 2 is 2.24 bits per heavy atom. The smallest absolute Gasteiger partial charge is 0.271 e. The summed E-state index contributed by atoms with van der Waals surface area (Å²) < 4.78 is 31.1. The number of rotatable bonds is 4. The third-order valence-corrected chi connectivity index (χ3v) is 2.83. The predicted octanol–water partition coefficient (Wildman–Crippen LogP) is -1.08. The zero-order valence-electron chi connectivity index (χ0n) is 9.54. The summed E-state index contributed by atoms with van der Waals surface area (Å²) in [5.74, 6) is -0.666. The van der Waals surface area contributed by atoms with Crippen molar-refractivity contribution in [1.82, 2.24) is 10.4 Å². The quantitative estimate of drug-likeness (QED) is 0.530. The van der Waals surface area contributed by atoms with Crippen LogP contribution in [0.5, 0.6) is 0 Å². The Kier molecular flexibility index (Phi) is 4.13. The van der Waals surface area contributed by atoms with E-state index in [0.29, 0.717) is 11.3 Å². The van der Waals surface area contributed by atoms with Crippen LogP contribution in [0.25, 0.3) is 0 Å². The topological polar surface area (TPSA) is 100 Å². The molecule has 1 amide bonds. The highest BCUT2D eigenvalue weighted by molar-refractivity contribution is 7.85. The molecule has 0 aliphatic heterocycles. The Morgan fingerprint density at radius 3 is 2.71 bits per heavy atom. The summed E-state index contributed by atoms with van der Waals surface area (Å²) in [6, 6.07) is 1.55. The highest BCUT2D eigenvalue weighted by Gasteiger charge is 2.15. The Bertz CT molecular complexity index is 527. The molecule has 0 fully saturated rings. The van der Waals surface area contributed by atoms with E-state index >= 15 is 0 Å². The molecule has 1 heterocycles. The van der Waals surface area contributed by atoms with Crippen LogP contribution in [0, 0.1) is 6.92 Å². The molecule has 94 valence electrons. The van der Waals surface area contributed by atoms with Crippen molar-refractivity contribution < 1.29 is 22.4 Å². The van der Waals surface area contributed by atoms with Crippen molar-refractivity contribution in [3.05, 3.63) is 23.5 Å². The molecule has 0 radical (unpaired) electrons. The average molecular weight is 260 g/mol. The average Bonchev–Trinajstić information content (AvgIpc) is 2.24. The highest BCUT2D eigenvalue weighted by Crippen LogP contribution is 2.00. The molecule has 0 aliphatic carbocycles. The normalized spacial score (nSPS) is 11.2. The molecule has 0 spiro atoms. The number of aryl methyl sites for hydroxylation is 2. The van der Waals surface area contributed by atoms with Gasteiger partial charge < -0.3 is 5.32 Å². The van der Waals surface area contributed by atoms with Gasteiger partial charge in [0.1, 0.15) is 11.4 Å². The number of hydrogen-bond acceptors (Lipinski definition) is 4. The van der Waals surface area contributed by atoms with Gasteiger partial charge in [0.25, 0.3) is 16.0 Å². The van der Waals surface area contributed by atoms with Gasteiger partial charge in [-0.05, 0) is 12.0 Å². The summed E-state index contributed by atoms with van der Waals surface area (Å²) in [5, 5.41) is 6.50. The van der Waals surface area contributed by atoms with Gasteiger partial charge in [0.2, 0.25) is 0 Å². The lowest BCUT2D eigenvalue weighted by atomic mass is 10.2. The maximum absolute atomic E-state index is 11.4. The third-order valence-electron chi connectivity index (χ3n) is 2.13. The number of nitrogens with zero attached hydrogens (tertiary/aromatic N) is 2. The molecule has 0 bridgehead atoms. The number of carbonyl (C=O) groups is 1. The van der Waals surface area contributed by atoms with Gasteiger partial charge in [0.05, 0.1) is 5.56 Å². The van der Waals surface area contributed by atoms with Crippen LogP contribution >= 0.6 is 0 Å². The summed E-state index contributed by atoms with van der Waals surface area (Å²) in [7, 11) is -2.49. The maximum Gasteiger partial charge on any atom is 0.271 e. The van der Waals surface area contributed by atoms with Crippen LogP contribution in [0.2, 0.25) is 0 Å². The molecule has 0 aliphatic rings. The first-order valence-corrected chi connectivity index (χ1v) is 6.49. The van der Waals surface area contributed by atoms with Crippen molar-refractivity contribution in [2.24, 2.45) is 0 Å². The van der Waals surface area contributed by atoms with Crippen molar-refractivity contribution in [3.63, 3.8) is 0 Å². The van der Waals surface area contributed by atoms with Crippen LogP contribution < -0.4 is 10.00 Å². The van der Waals surface area contributed by atoms with Gasteiger partial charge in [-0.15, -0.1) is 0 Å². The van der Waals surface area contributed by atoms with E-state index in [4.69, 9.17) is 4.55 Å². The lowest BCUT2D eigenvalue weighted by molar-refractivity contribution is -0.750. The van der Waals surface area contributed by atoms with E-state index in [0.717, 1.165) is 0 Å². The molecule has 1 aromatic heterocycles. The summed E-state index contributed by atoms with van der Waals surface area (Å²) in [6.45, 7) is 1.68. The monoisotopic (exact) mass is 260 g/mol. The Morgan fingerprint density at radius 1 is 1.59 bits per heavy atom. The molecule has 8 heteroatoms. The molecule has 7 nitrogen and oxygen atoms in total. The van der Waals surface area contributed by atoms with Gasteiger partial charge in [0.15, 0.2) is 12.7 Å². The number of carbonyl (C=O) groups excluding carboxylic acids is 1. The fourth-order valence-corrected chi connectivity index (χ4v) is 1.69. The molecular formula is C9H14N3O4S+. The van der Waals surface area contributed by atoms with Crippen molar-refractivity contribution in [1.29, 1.82) is 0 Å². The first-order valence-electron chi connectivity index (χ1n) is 4.88. The number of aromatic nitrogens is 2. The van der Waals surface area contributed by atoms with Gasteiger partial charge in [0, 0.05) is 13.1 Å². The molecule has 0 saturated heterocycles. The van der Waals surface area contributed by atoms with E-state index in [1.807, 2.05) is 0 Å². The summed E-state index contributed by atoms with van der Waals surface area (Å²) in [5.41, 5.74) is 0.915. The van der Waals surface area contributed by atoms with E-state index in [1.54, 1.807) is 13.0 Å². The van der Waals surface area contributed by atoms with E-state index in [-0.39, 0.29) is 12.5 Å². The molecule has 0 aromatic carbocycles. The van der Waals surface area contributed by atoms with Crippen molar-refractivity contribution in [2.45, 2.75) is 13.5 Å². The maximum atomic E-state index is 11.4. The van der Waals surface area contributed by atoms with Gasteiger partial charge in [-0.25, -0.2) is 0 Å². The first-order chi connectivity index (χ1) is 7.83. The number of hydrogen-bond donors (Lipinski definition) is 2. The van der Waals surface area contributed by atoms with E-state index < -0.39 is 15.9 Å². The van der Waals surface area contributed by atoms with Crippen molar-refractivity contribution >= 4 is 16.0 Å². The Hall–Kier alpha value is -1.54. The zero-order valence-corrected chi connectivity index (χ0v) is 10.4. The minimum atomic E-state index is -4.01. The summed E-state index contributed by atoms with van der Waals surface area (Å²) in [6.07, 6.45) is 1.49. The molecule has 1 rings (SSSR count). The molecule has 2 N–H and O–H groups in total. The van der Waals surface area contributed by atoms with Crippen molar-refractivity contribution in [3.8, 4) is 0 Å². The van der Waals surface area contributed by atoms with E-state index in [1.165, 1.54) is 17.9 Å². The molecular weight excluding hydrogens is 246 g/mol. The fourth-order valence-electron chi connectivity index (χ4n) is 1.27. The third kappa shape index (κ3) is 4.08. The molecule has 1 aromatic rings. The van der Waals surface area contributed by atoms with E-state index in [9.17, 15) is 13.2 Å². The largest absolute Gasteiger partial charge is 0.355 e. The second kappa shape index (κ2) is 5.19. The van der Waals surface area contributed by atoms with Gasteiger partial charge in [-0.3, -0.25) is 9.35 Å². The minimum Gasteiger partial charge on any atom is -0.355 e. The lowest BCUT2D eigenvalue weighted by Crippen LogP contribution is -2.42. The molecule has 0 atom stereocenters. The number of amides is 1. The first kappa shape index (κ1) is 13.5. The highest BCUT2D eigenvalue weighted by atomic mass is 32.2. The fraction of sp³-hybridized carbons (Fsp3) is 0.444. The molecule has 0 saturated carbocycles. The van der Waals surface area contributed by atoms with Gasteiger partial charge in [-0.1, -0.05) is 4.68 Å².